The Bertz CT molecular complexity index is 1270. The molecule has 7 nitrogen and oxygen atoms in total. The lowest BCUT2D eigenvalue weighted by atomic mass is 10.1. The maximum Gasteiger partial charge on any atom is 0.305 e. The Hall–Kier alpha value is -3.87. The van der Waals surface area contributed by atoms with Gasteiger partial charge in [-0.3, -0.25) is 14.8 Å². The van der Waals surface area contributed by atoms with Gasteiger partial charge in [-0.15, -0.1) is 0 Å². The molecule has 1 aliphatic heterocycles. The number of aliphatic carboxylic acids is 1. The van der Waals surface area contributed by atoms with Gasteiger partial charge in [-0.1, -0.05) is 6.07 Å². The predicted molar refractivity (Wildman–Crippen MR) is 127 cm³/mol. The minimum Gasteiger partial charge on any atom is -0.493 e. The van der Waals surface area contributed by atoms with Crippen molar-refractivity contribution in [3.8, 4) is 5.75 Å². The molecule has 0 amide bonds. The number of pyridine rings is 2. The minimum absolute atomic E-state index is 0.0393. The quantitative estimate of drug-likeness (QED) is 0.418. The van der Waals surface area contributed by atoms with Gasteiger partial charge >= 0.3 is 5.97 Å². The van der Waals surface area contributed by atoms with Gasteiger partial charge in [0.15, 0.2) is 0 Å². The third-order valence-corrected chi connectivity index (χ3v) is 5.99. The zero-order valence-corrected chi connectivity index (χ0v) is 18.3. The molecule has 4 aromatic rings. The summed E-state index contributed by atoms with van der Waals surface area (Å²) in [6.45, 7) is 1.56. The van der Waals surface area contributed by atoms with Crippen molar-refractivity contribution < 1.29 is 14.6 Å². The summed E-state index contributed by atoms with van der Waals surface area (Å²) in [5, 5.41) is 13.8. The molecule has 4 heterocycles. The Morgan fingerprint density at radius 1 is 1.18 bits per heavy atom. The van der Waals surface area contributed by atoms with Gasteiger partial charge in [-0.25, -0.2) is 0 Å². The summed E-state index contributed by atoms with van der Waals surface area (Å²) in [6.07, 6.45) is 6.45. The van der Waals surface area contributed by atoms with Gasteiger partial charge in [0.1, 0.15) is 5.75 Å². The second kappa shape index (κ2) is 9.32. The van der Waals surface area contributed by atoms with Crippen LogP contribution in [0.15, 0.2) is 67.0 Å². The molecule has 2 N–H and O–H groups in total. The monoisotopic (exact) mass is 442 g/mol. The number of nitrogens with zero attached hydrogens (tertiary/aromatic N) is 3. The number of carbonyl (C=O) groups is 1. The topological polar surface area (TPSA) is 89.3 Å². The highest BCUT2D eigenvalue weighted by Gasteiger charge is 2.20. The number of anilines is 1. The number of aromatic nitrogens is 3. The summed E-state index contributed by atoms with van der Waals surface area (Å²) in [6, 6.07) is 17.2. The molecule has 1 atom stereocenters. The van der Waals surface area contributed by atoms with Gasteiger partial charge < -0.3 is 19.7 Å². The maximum atomic E-state index is 11.5. The van der Waals surface area contributed by atoms with E-state index in [1.54, 1.807) is 6.20 Å². The number of hydrogen-bond donors (Lipinski definition) is 2. The van der Waals surface area contributed by atoms with E-state index in [-0.39, 0.29) is 12.5 Å². The summed E-state index contributed by atoms with van der Waals surface area (Å²) in [5.41, 5.74) is 5.00. The SMILES string of the molecule is O=C(O)CC(c1ccccn1)n1ccc2cc(OCCc3ccc4c(n3)CCCN4)ccc21. The van der Waals surface area contributed by atoms with Crippen molar-refractivity contribution in [2.75, 3.05) is 18.5 Å². The first-order valence-electron chi connectivity index (χ1n) is 11.3. The number of aryl methyl sites for hydroxylation is 1. The normalized spacial score (nSPS) is 13.8. The van der Waals surface area contributed by atoms with Crippen LogP contribution in [0, 0.1) is 0 Å². The van der Waals surface area contributed by atoms with Crippen LogP contribution >= 0.6 is 0 Å². The average Bonchev–Trinajstić information content (AvgIpc) is 3.26. The van der Waals surface area contributed by atoms with E-state index in [0.29, 0.717) is 6.61 Å². The summed E-state index contributed by atoms with van der Waals surface area (Å²) < 4.78 is 7.98. The largest absolute Gasteiger partial charge is 0.493 e. The Morgan fingerprint density at radius 2 is 2.12 bits per heavy atom. The minimum atomic E-state index is -0.862. The zero-order valence-electron chi connectivity index (χ0n) is 18.3. The average molecular weight is 443 g/mol. The number of rotatable bonds is 8. The molecule has 5 rings (SSSR count). The first kappa shape index (κ1) is 21.0. The second-order valence-electron chi connectivity index (χ2n) is 8.24. The van der Waals surface area contributed by atoms with Crippen LogP contribution in [0.1, 0.15) is 36.0 Å². The Kier molecular flexibility index (Phi) is 5.93. The van der Waals surface area contributed by atoms with E-state index in [2.05, 4.69) is 22.4 Å². The van der Waals surface area contributed by atoms with E-state index >= 15 is 0 Å². The Balaban J connectivity index is 1.30. The molecular formula is C26H26N4O3. The van der Waals surface area contributed by atoms with Crippen molar-refractivity contribution >= 4 is 22.6 Å². The number of fused-ring (bicyclic) bond motifs is 2. The fourth-order valence-electron chi connectivity index (χ4n) is 4.38. The van der Waals surface area contributed by atoms with Gasteiger partial charge in [0.05, 0.1) is 36.1 Å². The van der Waals surface area contributed by atoms with E-state index < -0.39 is 5.97 Å². The lowest BCUT2D eigenvalue weighted by molar-refractivity contribution is -0.137. The van der Waals surface area contributed by atoms with Crippen LogP contribution in [0.25, 0.3) is 10.9 Å². The van der Waals surface area contributed by atoms with Crippen molar-refractivity contribution in [2.45, 2.75) is 31.7 Å². The number of hydrogen-bond acceptors (Lipinski definition) is 5. The molecule has 3 aromatic heterocycles. The lowest BCUT2D eigenvalue weighted by Crippen LogP contribution is -2.15. The molecule has 0 bridgehead atoms. The van der Waals surface area contributed by atoms with E-state index in [9.17, 15) is 9.90 Å². The lowest BCUT2D eigenvalue weighted by Gasteiger charge is -2.18. The molecule has 168 valence electrons. The van der Waals surface area contributed by atoms with Crippen LogP contribution in [0.4, 0.5) is 5.69 Å². The van der Waals surface area contributed by atoms with E-state index in [1.807, 2.05) is 53.2 Å². The van der Waals surface area contributed by atoms with E-state index in [0.717, 1.165) is 65.2 Å². The number of carboxylic acid groups (broad SMARTS) is 1. The number of carboxylic acids is 1. The molecule has 1 aliphatic rings. The highest BCUT2D eigenvalue weighted by atomic mass is 16.5. The number of ether oxygens (including phenoxy) is 1. The summed E-state index contributed by atoms with van der Waals surface area (Å²) >= 11 is 0. The van der Waals surface area contributed by atoms with Gasteiger partial charge in [0.25, 0.3) is 0 Å². The van der Waals surface area contributed by atoms with Crippen molar-refractivity contribution in [2.24, 2.45) is 0 Å². The molecule has 7 heteroatoms. The molecule has 33 heavy (non-hydrogen) atoms. The summed E-state index contributed by atoms with van der Waals surface area (Å²) in [7, 11) is 0. The zero-order chi connectivity index (χ0) is 22.6. The van der Waals surface area contributed by atoms with Gasteiger partial charge in [-0.2, -0.15) is 0 Å². The number of benzene rings is 1. The molecule has 0 radical (unpaired) electrons. The molecule has 1 unspecified atom stereocenters. The molecule has 0 saturated carbocycles. The standard InChI is InChI=1S/C26H26N4O3/c31-26(32)17-25(23-4-1-2-12-28-23)30-14-10-18-16-20(7-9-24(18)30)33-15-11-19-6-8-21-22(29-19)5-3-13-27-21/h1-2,4,6-10,12,14,16,25,27H,3,5,11,13,15,17H2,(H,31,32). The molecular weight excluding hydrogens is 416 g/mol. The van der Waals surface area contributed by atoms with Crippen LogP contribution in [0.5, 0.6) is 5.75 Å². The highest BCUT2D eigenvalue weighted by Crippen LogP contribution is 2.29. The molecule has 1 aromatic carbocycles. The van der Waals surface area contributed by atoms with Crippen LogP contribution in [-0.4, -0.2) is 38.8 Å². The smallest absolute Gasteiger partial charge is 0.305 e. The third-order valence-electron chi connectivity index (χ3n) is 5.99. The molecule has 0 saturated heterocycles. The Labute approximate surface area is 192 Å². The number of nitrogens with one attached hydrogen (secondary N) is 1. The van der Waals surface area contributed by atoms with Crippen molar-refractivity contribution in [3.63, 3.8) is 0 Å². The highest BCUT2D eigenvalue weighted by molar-refractivity contribution is 5.82. The third kappa shape index (κ3) is 4.67. The van der Waals surface area contributed by atoms with Crippen molar-refractivity contribution in [3.05, 3.63) is 84.1 Å². The fourth-order valence-corrected chi connectivity index (χ4v) is 4.38. The van der Waals surface area contributed by atoms with Gasteiger partial charge in [-0.05, 0) is 61.4 Å². The van der Waals surface area contributed by atoms with Crippen molar-refractivity contribution in [1.82, 2.24) is 14.5 Å². The first-order chi connectivity index (χ1) is 16.2. The van der Waals surface area contributed by atoms with Crippen LogP contribution in [0.2, 0.25) is 0 Å². The fraction of sp³-hybridized carbons (Fsp3) is 0.269. The molecule has 0 spiro atoms. The van der Waals surface area contributed by atoms with Gasteiger partial charge in [0, 0.05) is 42.0 Å². The second-order valence-corrected chi connectivity index (χ2v) is 8.24. The summed E-state index contributed by atoms with van der Waals surface area (Å²) in [4.78, 5) is 20.7. The predicted octanol–water partition coefficient (Wildman–Crippen LogP) is 4.48. The summed E-state index contributed by atoms with van der Waals surface area (Å²) in [5.74, 6) is -0.0773. The van der Waals surface area contributed by atoms with Crippen LogP contribution < -0.4 is 10.1 Å². The molecule has 0 fully saturated rings. The first-order valence-corrected chi connectivity index (χ1v) is 11.3. The molecule has 0 aliphatic carbocycles. The van der Waals surface area contributed by atoms with E-state index in [4.69, 9.17) is 9.72 Å². The van der Waals surface area contributed by atoms with Crippen LogP contribution in [-0.2, 0) is 17.6 Å². The van der Waals surface area contributed by atoms with Gasteiger partial charge in [0.2, 0.25) is 0 Å². The van der Waals surface area contributed by atoms with Crippen LogP contribution in [0.3, 0.4) is 0 Å². The Morgan fingerprint density at radius 3 is 2.97 bits per heavy atom. The van der Waals surface area contributed by atoms with Crippen molar-refractivity contribution in [1.29, 1.82) is 0 Å². The maximum absolute atomic E-state index is 11.5. The van der Waals surface area contributed by atoms with E-state index in [1.165, 1.54) is 0 Å².